The second kappa shape index (κ2) is 9.48. The minimum absolute atomic E-state index is 0.0382. The number of amides is 1. The summed E-state index contributed by atoms with van der Waals surface area (Å²) >= 11 is 1.01. The van der Waals surface area contributed by atoms with Crippen molar-refractivity contribution in [2.75, 3.05) is 31.6 Å². The Bertz CT molecular complexity index is 1050. The fraction of sp³-hybridized carbons (Fsp3) is 0.400. The molecule has 0 saturated carbocycles. The normalized spacial score (nSPS) is 17.0. The summed E-state index contributed by atoms with van der Waals surface area (Å²) in [6, 6.07) is 2.46. The second-order valence-electron chi connectivity index (χ2n) is 7.06. The number of ether oxygens (including phenoxy) is 2. The quantitative estimate of drug-likeness (QED) is 0.444. The molecule has 178 valence electrons. The Morgan fingerprint density at radius 2 is 1.97 bits per heavy atom. The molecule has 1 unspecified atom stereocenters. The Hall–Kier alpha value is -2.98. The highest BCUT2D eigenvalue weighted by molar-refractivity contribution is 7.10. The van der Waals surface area contributed by atoms with E-state index in [1.54, 1.807) is 0 Å². The Labute approximate surface area is 188 Å². The average Bonchev–Trinajstić information content (AvgIpc) is 3.35. The molecule has 1 aliphatic rings. The van der Waals surface area contributed by atoms with Crippen molar-refractivity contribution in [3.05, 3.63) is 34.3 Å². The molecule has 33 heavy (non-hydrogen) atoms. The fourth-order valence-electron chi connectivity index (χ4n) is 3.48. The number of hydrogen-bond donors (Lipinski definition) is 0. The van der Waals surface area contributed by atoms with Crippen LogP contribution in [0, 0.1) is 12.3 Å². The Morgan fingerprint density at radius 1 is 1.27 bits per heavy atom. The van der Waals surface area contributed by atoms with Gasteiger partial charge in [-0.2, -0.15) is 13.2 Å². The molecule has 1 aromatic heterocycles. The standard InChI is InChI=1S/C20H17F6N3O3S/c1-3-17-27-16(10-33-17)18(30)29(12-4-5-28(9-12)11-19(21,22)23)13-6-14(31-2)8-15(7-13)32-20(24,25)26/h1,6-8,10,12H,4-5,9,11H2,2H3. The molecule has 0 spiro atoms. The molecule has 2 heterocycles. The van der Waals surface area contributed by atoms with Gasteiger partial charge >= 0.3 is 12.5 Å². The van der Waals surface area contributed by atoms with E-state index in [1.807, 2.05) is 0 Å². The summed E-state index contributed by atoms with van der Waals surface area (Å²) in [5.74, 6) is 0.856. The van der Waals surface area contributed by atoms with Gasteiger partial charge < -0.3 is 14.4 Å². The number of benzene rings is 1. The van der Waals surface area contributed by atoms with Crippen molar-refractivity contribution in [3.8, 4) is 23.8 Å². The van der Waals surface area contributed by atoms with Crippen LogP contribution in [0.15, 0.2) is 23.6 Å². The summed E-state index contributed by atoms with van der Waals surface area (Å²) in [4.78, 5) is 19.5. The Balaban J connectivity index is 2.01. The maximum Gasteiger partial charge on any atom is 0.573 e. The first-order chi connectivity index (χ1) is 15.4. The smallest absolute Gasteiger partial charge is 0.497 e. The monoisotopic (exact) mass is 493 g/mol. The van der Waals surface area contributed by atoms with Crippen molar-refractivity contribution in [3.63, 3.8) is 0 Å². The number of alkyl halides is 6. The number of rotatable bonds is 6. The van der Waals surface area contributed by atoms with Crippen LogP contribution in [-0.2, 0) is 0 Å². The van der Waals surface area contributed by atoms with E-state index in [2.05, 4.69) is 15.6 Å². The van der Waals surface area contributed by atoms with Crippen molar-refractivity contribution >= 4 is 22.9 Å². The van der Waals surface area contributed by atoms with E-state index < -0.39 is 36.8 Å². The SMILES string of the molecule is C#Cc1nc(C(=O)N(c2cc(OC)cc(OC(F)(F)F)c2)C2CCN(CC(F)(F)F)C2)cs1. The summed E-state index contributed by atoms with van der Waals surface area (Å²) < 4.78 is 85.9. The third-order valence-corrected chi connectivity index (χ3v) is 5.47. The highest BCUT2D eigenvalue weighted by Crippen LogP contribution is 2.35. The van der Waals surface area contributed by atoms with Crippen LogP contribution in [0.1, 0.15) is 21.9 Å². The molecule has 13 heteroatoms. The van der Waals surface area contributed by atoms with Gasteiger partial charge in [0.25, 0.3) is 5.91 Å². The number of methoxy groups -OCH3 is 1. The highest BCUT2D eigenvalue weighted by atomic mass is 32.1. The van der Waals surface area contributed by atoms with Crippen LogP contribution in [0.25, 0.3) is 0 Å². The number of aromatic nitrogens is 1. The van der Waals surface area contributed by atoms with Crippen LogP contribution < -0.4 is 14.4 Å². The molecule has 3 rings (SSSR count). The first-order valence-electron chi connectivity index (χ1n) is 9.38. The molecule has 1 saturated heterocycles. The van der Waals surface area contributed by atoms with E-state index >= 15 is 0 Å². The number of carbonyl (C=O) groups excluding carboxylic acids is 1. The van der Waals surface area contributed by atoms with Gasteiger partial charge in [-0.1, -0.05) is 0 Å². The highest BCUT2D eigenvalue weighted by Gasteiger charge is 2.39. The topological polar surface area (TPSA) is 54.9 Å². The Kier molecular flexibility index (Phi) is 7.08. The van der Waals surface area contributed by atoms with Gasteiger partial charge in [-0.25, -0.2) is 4.98 Å². The number of hydrogen-bond acceptors (Lipinski definition) is 6. The van der Waals surface area contributed by atoms with Gasteiger partial charge in [0.15, 0.2) is 5.01 Å². The molecule has 0 N–H and O–H groups in total. The molecule has 1 fully saturated rings. The number of carbonyl (C=O) groups is 1. The van der Waals surface area contributed by atoms with Crippen molar-refractivity contribution in [1.29, 1.82) is 0 Å². The van der Waals surface area contributed by atoms with Crippen LogP contribution in [-0.4, -0.2) is 61.1 Å². The summed E-state index contributed by atoms with van der Waals surface area (Å²) in [5, 5.41) is 1.58. The number of likely N-dealkylation sites (tertiary alicyclic amines) is 1. The third-order valence-electron chi connectivity index (χ3n) is 4.69. The van der Waals surface area contributed by atoms with E-state index in [1.165, 1.54) is 18.6 Å². The maximum atomic E-state index is 13.3. The zero-order valence-electron chi connectivity index (χ0n) is 17.0. The first kappa shape index (κ1) is 24.7. The minimum Gasteiger partial charge on any atom is -0.497 e. The molecule has 1 aliphatic heterocycles. The number of halogens is 6. The van der Waals surface area contributed by atoms with Crippen molar-refractivity contribution in [2.24, 2.45) is 0 Å². The van der Waals surface area contributed by atoms with E-state index in [0.29, 0.717) is 0 Å². The third kappa shape index (κ3) is 6.52. The van der Waals surface area contributed by atoms with E-state index in [0.717, 1.165) is 33.3 Å². The van der Waals surface area contributed by atoms with E-state index in [9.17, 15) is 31.1 Å². The number of terminal acetylenes is 1. The Morgan fingerprint density at radius 3 is 2.55 bits per heavy atom. The molecular formula is C20H17F6N3O3S. The predicted octanol–water partition coefficient (Wildman–Crippen LogP) is 4.32. The fourth-order valence-corrected chi connectivity index (χ4v) is 4.08. The van der Waals surface area contributed by atoms with E-state index in [-0.39, 0.29) is 41.6 Å². The van der Waals surface area contributed by atoms with Gasteiger partial charge in [-0.15, -0.1) is 30.9 Å². The van der Waals surface area contributed by atoms with Crippen molar-refractivity contribution in [1.82, 2.24) is 9.88 Å². The van der Waals surface area contributed by atoms with Crippen LogP contribution in [0.4, 0.5) is 32.0 Å². The van der Waals surface area contributed by atoms with Crippen LogP contribution in [0.3, 0.4) is 0 Å². The first-order valence-corrected chi connectivity index (χ1v) is 10.3. The van der Waals surface area contributed by atoms with Crippen LogP contribution in [0.2, 0.25) is 0 Å². The predicted molar refractivity (Wildman–Crippen MR) is 107 cm³/mol. The van der Waals surface area contributed by atoms with E-state index in [4.69, 9.17) is 11.2 Å². The lowest BCUT2D eigenvalue weighted by Gasteiger charge is -2.29. The molecule has 0 aliphatic carbocycles. The van der Waals surface area contributed by atoms with Crippen LogP contribution >= 0.6 is 11.3 Å². The molecular weight excluding hydrogens is 476 g/mol. The van der Waals surface area contributed by atoms with Gasteiger partial charge in [0, 0.05) is 36.7 Å². The zero-order chi connectivity index (χ0) is 24.4. The number of anilines is 1. The molecule has 6 nitrogen and oxygen atoms in total. The van der Waals surface area contributed by atoms with Gasteiger partial charge in [0.2, 0.25) is 0 Å². The van der Waals surface area contributed by atoms with Gasteiger partial charge in [-0.3, -0.25) is 9.69 Å². The van der Waals surface area contributed by atoms with Crippen molar-refractivity contribution < 1.29 is 40.6 Å². The van der Waals surface area contributed by atoms with Gasteiger partial charge in [-0.05, 0) is 12.3 Å². The molecule has 0 radical (unpaired) electrons. The minimum atomic E-state index is -5.01. The lowest BCUT2D eigenvalue weighted by Crippen LogP contribution is -2.43. The molecule has 2 aromatic rings. The lowest BCUT2D eigenvalue weighted by atomic mass is 10.1. The van der Waals surface area contributed by atoms with Gasteiger partial charge in [0.05, 0.1) is 25.4 Å². The molecule has 1 aromatic carbocycles. The number of nitrogens with zero attached hydrogens (tertiary/aromatic N) is 3. The summed E-state index contributed by atoms with van der Waals surface area (Å²) in [7, 11) is 1.21. The second-order valence-corrected chi connectivity index (χ2v) is 7.92. The summed E-state index contributed by atoms with van der Waals surface area (Å²) in [6.07, 6.45) is -4.01. The van der Waals surface area contributed by atoms with Crippen LogP contribution in [0.5, 0.6) is 11.5 Å². The summed E-state index contributed by atoms with van der Waals surface area (Å²) in [5.41, 5.74) is -0.129. The maximum absolute atomic E-state index is 13.3. The van der Waals surface area contributed by atoms with Crippen molar-refractivity contribution in [2.45, 2.75) is 25.0 Å². The summed E-state index contributed by atoms with van der Waals surface area (Å²) in [6.45, 7) is -1.29. The van der Waals surface area contributed by atoms with Gasteiger partial charge in [0.1, 0.15) is 17.2 Å². The zero-order valence-corrected chi connectivity index (χ0v) is 17.9. The largest absolute Gasteiger partial charge is 0.573 e. The molecule has 0 bridgehead atoms. The average molecular weight is 493 g/mol. The molecule has 1 amide bonds. The number of thiazole rings is 1. The molecule has 1 atom stereocenters. The lowest BCUT2D eigenvalue weighted by molar-refractivity contribution is -0.274.